The Morgan fingerprint density at radius 1 is 1.26 bits per heavy atom. The Balaban J connectivity index is 1.98. The summed E-state index contributed by atoms with van der Waals surface area (Å²) in [5, 5.41) is 0. The lowest BCUT2D eigenvalue weighted by Crippen LogP contribution is -2.09. The van der Waals surface area contributed by atoms with Crippen LogP contribution in [0.1, 0.15) is 42.8 Å². The lowest BCUT2D eigenvalue weighted by Gasteiger charge is -2.13. The van der Waals surface area contributed by atoms with E-state index in [1.165, 1.54) is 0 Å². The molecule has 4 nitrogen and oxygen atoms in total. The number of ether oxygens (including phenoxy) is 1. The second-order valence-electron chi connectivity index (χ2n) is 5.34. The molecule has 4 heteroatoms. The first-order valence-corrected chi connectivity index (χ1v) is 6.12. The quantitative estimate of drug-likeness (QED) is 0.790. The molecule has 0 aliphatic rings. The van der Waals surface area contributed by atoms with E-state index < -0.39 is 0 Å². The minimum Gasteiger partial charge on any atom is -0.484 e. The molecule has 100 valence electrons. The van der Waals surface area contributed by atoms with Crippen LogP contribution < -0.4 is 4.74 Å². The van der Waals surface area contributed by atoms with Crippen LogP contribution in [0.25, 0.3) is 0 Å². The largest absolute Gasteiger partial charge is 0.484 e. The number of benzene rings is 1. The number of rotatable bonds is 4. The Hall–Kier alpha value is -2.10. The van der Waals surface area contributed by atoms with E-state index in [4.69, 9.17) is 9.15 Å². The van der Waals surface area contributed by atoms with Crippen LogP contribution in [0.4, 0.5) is 0 Å². The second-order valence-corrected chi connectivity index (χ2v) is 5.34. The van der Waals surface area contributed by atoms with Gasteiger partial charge in [0, 0.05) is 11.0 Å². The van der Waals surface area contributed by atoms with Crippen LogP contribution in [-0.2, 0) is 12.0 Å². The van der Waals surface area contributed by atoms with Crippen molar-refractivity contribution in [2.75, 3.05) is 0 Å². The van der Waals surface area contributed by atoms with Gasteiger partial charge in [-0.25, -0.2) is 4.98 Å². The molecule has 1 aromatic heterocycles. The normalized spacial score (nSPS) is 11.3. The van der Waals surface area contributed by atoms with Gasteiger partial charge in [-0.15, -0.1) is 0 Å². The van der Waals surface area contributed by atoms with Crippen molar-refractivity contribution >= 4 is 6.29 Å². The fraction of sp³-hybridized carbons (Fsp3) is 0.333. The van der Waals surface area contributed by atoms with Crippen LogP contribution in [0.3, 0.4) is 0 Å². The van der Waals surface area contributed by atoms with Gasteiger partial charge in [0.1, 0.15) is 17.8 Å². The van der Waals surface area contributed by atoms with Gasteiger partial charge in [0.15, 0.2) is 6.61 Å². The number of aldehydes is 1. The molecule has 0 spiro atoms. The first-order chi connectivity index (χ1) is 8.99. The monoisotopic (exact) mass is 259 g/mol. The maximum atomic E-state index is 10.5. The van der Waals surface area contributed by atoms with E-state index in [9.17, 15) is 4.79 Å². The standard InChI is InChI=1S/C15H17NO3/c1-15(2,3)13-8-16-14(19-13)10-18-12-6-4-11(9-17)5-7-12/h4-9H,10H2,1-3H3. The molecule has 0 unspecified atom stereocenters. The Kier molecular flexibility index (Phi) is 3.69. The summed E-state index contributed by atoms with van der Waals surface area (Å²) in [6, 6.07) is 6.91. The van der Waals surface area contributed by atoms with Crippen molar-refractivity contribution in [3.63, 3.8) is 0 Å². The number of carbonyl (C=O) groups excluding carboxylic acids is 1. The number of nitrogens with zero attached hydrogens (tertiary/aromatic N) is 1. The third kappa shape index (κ3) is 3.44. The summed E-state index contributed by atoms with van der Waals surface area (Å²) in [6.45, 7) is 6.47. The highest BCUT2D eigenvalue weighted by molar-refractivity contribution is 5.74. The zero-order valence-electron chi connectivity index (χ0n) is 11.3. The van der Waals surface area contributed by atoms with E-state index in [-0.39, 0.29) is 12.0 Å². The van der Waals surface area contributed by atoms with Crippen molar-refractivity contribution in [2.24, 2.45) is 0 Å². The molecule has 2 rings (SSSR count). The summed E-state index contributed by atoms with van der Waals surface area (Å²) in [7, 11) is 0. The minimum atomic E-state index is -0.0587. The van der Waals surface area contributed by atoms with Crippen LogP contribution in [0, 0.1) is 0 Å². The summed E-state index contributed by atoms with van der Waals surface area (Å²) in [5.41, 5.74) is 0.565. The lowest BCUT2D eigenvalue weighted by atomic mass is 9.94. The number of aromatic nitrogens is 1. The van der Waals surface area contributed by atoms with Crippen LogP contribution in [0.15, 0.2) is 34.9 Å². The van der Waals surface area contributed by atoms with E-state index in [1.54, 1.807) is 30.5 Å². The van der Waals surface area contributed by atoms with Crippen LogP contribution >= 0.6 is 0 Å². The smallest absolute Gasteiger partial charge is 0.232 e. The third-order valence-electron chi connectivity index (χ3n) is 2.67. The van der Waals surface area contributed by atoms with Crippen LogP contribution in [0.5, 0.6) is 5.75 Å². The van der Waals surface area contributed by atoms with Crippen molar-refractivity contribution in [1.29, 1.82) is 0 Å². The number of hydrogen-bond donors (Lipinski definition) is 0. The fourth-order valence-electron chi connectivity index (χ4n) is 1.51. The predicted molar refractivity (Wildman–Crippen MR) is 71.4 cm³/mol. The first kappa shape index (κ1) is 13.3. The minimum absolute atomic E-state index is 0.0587. The summed E-state index contributed by atoms with van der Waals surface area (Å²) in [4.78, 5) is 14.7. The first-order valence-electron chi connectivity index (χ1n) is 6.12. The van der Waals surface area contributed by atoms with Gasteiger partial charge in [0.25, 0.3) is 0 Å². The molecule has 2 aromatic rings. The topological polar surface area (TPSA) is 52.3 Å². The Morgan fingerprint density at radius 2 is 1.95 bits per heavy atom. The highest BCUT2D eigenvalue weighted by Gasteiger charge is 2.19. The molecule has 1 heterocycles. The highest BCUT2D eigenvalue weighted by atomic mass is 16.5. The van der Waals surface area contributed by atoms with Gasteiger partial charge in [0.2, 0.25) is 5.89 Å². The molecule has 0 N–H and O–H groups in total. The number of carbonyl (C=O) groups is 1. The molecule has 0 atom stereocenters. The number of oxazole rings is 1. The molecule has 0 bridgehead atoms. The van der Waals surface area contributed by atoms with Crippen LogP contribution in [-0.4, -0.2) is 11.3 Å². The summed E-state index contributed by atoms with van der Waals surface area (Å²) >= 11 is 0. The highest BCUT2D eigenvalue weighted by Crippen LogP contribution is 2.23. The summed E-state index contributed by atoms with van der Waals surface area (Å²) < 4.78 is 11.2. The number of hydrogen-bond acceptors (Lipinski definition) is 4. The van der Waals surface area contributed by atoms with Gasteiger partial charge in [-0.2, -0.15) is 0 Å². The van der Waals surface area contributed by atoms with Gasteiger partial charge in [-0.05, 0) is 24.3 Å². The molecule has 0 fully saturated rings. The van der Waals surface area contributed by atoms with Gasteiger partial charge >= 0.3 is 0 Å². The lowest BCUT2D eigenvalue weighted by molar-refractivity contribution is 0.112. The molecule has 0 saturated heterocycles. The van der Waals surface area contributed by atoms with Crippen molar-refractivity contribution in [2.45, 2.75) is 32.8 Å². The molecule has 1 aromatic carbocycles. The zero-order valence-corrected chi connectivity index (χ0v) is 11.3. The summed E-state index contributed by atoms with van der Waals surface area (Å²) in [5.74, 6) is 2.06. The van der Waals surface area contributed by atoms with Gasteiger partial charge in [-0.3, -0.25) is 4.79 Å². The average Bonchev–Trinajstić information content (AvgIpc) is 2.86. The van der Waals surface area contributed by atoms with Gasteiger partial charge in [-0.1, -0.05) is 20.8 Å². The molecule has 19 heavy (non-hydrogen) atoms. The van der Waals surface area contributed by atoms with Crippen molar-refractivity contribution in [3.8, 4) is 5.75 Å². The predicted octanol–water partition coefficient (Wildman–Crippen LogP) is 3.36. The maximum absolute atomic E-state index is 10.5. The van der Waals surface area contributed by atoms with E-state index in [0.717, 1.165) is 12.0 Å². The molecule has 0 amide bonds. The molecule has 0 radical (unpaired) electrons. The molecular weight excluding hydrogens is 242 g/mol. The van der Waals surface area contributed by atoms with E-state index in [2.05, 4.69) is 25.8 Å². The van der Waals surface area contributed by atoms with E-state index >= 15 is 0 Å². The second kappa shape index (κ2) is 5.26. The van der Waals surface area contributed by atoms with Crippen molar-refractivity contribution in [1.82, 2.24) is 4.98 Å². The third-order valence-corrected chi connectivity index (χ3v) is 2.67. The van der Waals surface area contributed by atoms with E-state index in [1.807, 2.05) is 0 Å². The van der Waals surface area contributed by atoms with Gasteiger partial charge < -0.3 is 9.15 Å². The fourth-order valence-corrected chi connectivity index (χ4v) is 1.51. The zero-order chi connectivity index (χ0) is 13.9. The SMILES string of the molecule is CC(C)(C)c1cnc(COc2ccc(C=O)cc2)o1. The Labute approximate surface area is 112 Å². The van der Waals surface area contributed by atoms with E-state index in [0.29, 0.717) is 17.2 Å². The molecule has 0 aliphatic carbocycles. The average molecular weight is 259 g/mol. The molecular formula is C15H17NO3. The maximum Gasteiger partial charge on any atom is 0.232 e. The molecule has 0 saturated carbocycles. The Bertz CT molecular complexity index is 550. The van der Waals surface area contributed by atoms with Crippen molar-refractivity contribution < 1.29 is 13.9 Å². The van der Waals surface area contributed by atoms with Crippen LogP contribution in [0.2, 0.25) is 0 Å². The Morgan fingerprint density at radius 3 is 2.47 bits per heavy atom. The van der Waals surface area contributed by atoms with Gasteiger partial charge in [0.05, 0.1) is 6.20 Å². The molecule has 0 aliphatic heterocycles. The van der Waals surface area contributed by atoms with Crippen molar-refractivity contribution in [3.05, 3.63) is 47.7 Å². The summed E-state index contributed by atoms with van der Waals surface area (Å²) in [6.07, 6.45) is 2.53.